The number of aliphatic imine (C=N–C) groups is 1. The highest BCUT2D eigenvalue weighted by Crippen LogP contribution is 2.42. The zero-order valence-corrected chi connectivity index (χ0v) is 44.6. The van der Waals surface area contributed by atoms with Gasteiger partial charge in [0.1, 0.15) is 29.5 Å². The lowest BCUT2D eigenvalue weighted by Crippen LogP contribution is -2.63. The molecule has 1 aromatic heterocycles. The Hall–Kier alpha value is -7.18. The first kappa shape index (κ1) is 64.3. The number of rotatable bonds is 20. The number of hydrogen-bond donors (Lipinski definition) is 6. The van der Waals surface area contributed by atoms with Gasteiger partial charge in [0.2, 0.25) is 5.91 Å². The molecular weight excluding hydrogens is 1070 g/mol. The fourth-order valence-electron chi connectivity index (χ4n) is 7.94. The van der Waals surface area contributed by atoms with Crippen molar-refractivity contribution in [2.24, 2.45) is 21.6 Å². The number of nitrogens with zero attached hydrogens (tertiary/aromatic N) is 5. The van der Waals surface area contributed by atoms with Gasteiger partial charge in [0.25, 0.3) is 12.3 Å². The van der Waals surface area contributed by atoms with E-state index in [4.69, 9.17) is 5.73 Å². The molecule has 0 aliphatic carbocycles. The highest BCUT2D eigenvalue weighted by molar-refractivity contribution is 5.87. The maximum Gasteiger partial charge on any atom is 0.407 e. The lowest BCUT2D eigenvalue weighted by atomic mass is 9.82. The van der Waals surface area contributed by atoms with Crippen molar-refractivity contribution in [3.63, 3.8) is 0 Å². The number of hydrazine groups is 1. The largest absolute Gasteiger partial charge is 0.453 e. The number of nitrogens with two attached hydrogens (primary N) is 1. The van der Waals surface area contributed by atoms with Crippen molar-refractivity contribution < 1.29 is 77.7 Å². The first-order valence-corrected chi connectivity index (χ1v) is 24.3. The van der Waals surface area contributed by atoms with Crippen LogP contribution in [0.2, 0.25) is 0 Å². The fraction of sp³-hybridized carbons (Fsp3) is 0.500. The standard InChI is InChI=1S/C52H64F10N10O7/c1-29-25-71(26-30(2)70(29)7)42-17-16-33(23-65-42)15-12-31-10-13-32(14-11-31)20-39(66-45(74)43(67-47(76)78-8)49(3,4)51(57,58)59)40(73)28-72(69-46(75)44(68-48(77)79-9)50(5,6)52(60,61)62)27-35-36(53)21-34(22-37(35)54)38(63)18-19-64-24-41(55)56/h10-11,13-14,16-19,21-23,29-30,39-41,43-44,73H,20,24-28,63H2,1-9H3,(H,66,74)(H,67,76)(H,68,77)(H,69,75)/t29?,30?,39-,40-,43?,44+/m0/s1. The van der Waals surface area contributed by atoms with Crippen molar-refractivity contribution in [1.29, 1.82) is 0 Å². The number of halogens is 10. The Morgan fingerprint density at radius 2 is 1.34 bits per heavy atom. The van der Waals surface area contributed by atoms with Crippen LogP contribution in [-0.2, 0) is 32.0 Å². The first-order valence-electron chi connectivity index (χ1n) is 24.3. The second kappa shape index (κ2) is 27.1. The molecule has 3 aromatic rings. The van der Waals surface area contributed by atoms with Crippen LogP contribution in [0.4, 0.5) is 59.3 Å². The molecule has 27 heteroatoms. The van der Waals surface area contributed by atoms with E-state index in [2.05, 4.69) is 67.3 Å². The molecule has 434 valence electrons. The van der Waals surface area contributed by atoms with Gasteiger partial charge in [-0.05, 0) is 103 Å². The first-order chi connectivity index (χ1) is 36.7. The number of piperazine rings is 1. The number of likely N-dealkylation sites (N-methyl/N-ethyl adjacent to an activating group) is 1. The molecule has 1 fully saturated rings. The average molecular weight is 1130 g/mol. The Kier molecular flexibility index (Phi) is 22.1. The minimum atomic E-state index is -5.23. The van der Waals surface area contributed by atoms with Gasteiger partial charge in [0, 0.05) is 78.6 Å². The summed E-state index contributed by atoms with van der Waals surface area (Å²) in [5, 5.41) is 18.5. The van der Waals surface area contributed by atoms with Crippen LogP contribution >= 0.6 is 0 Å². The van der Waals surface area contributed by atoms with E-state index in [1.165, 1.54) is 24.3 Å². The fourth-order valence-corrected chi connectivity index (χ4v) is 7.94. The number of methoxy groups -OCH3 is 2. The van der Waals surface area contributed by atoms with Crippen molar-refractivity contribution in [3.05, 3.63) is 100 Å². The van der Waals surface area contributed by atoms with E-state index < -0.39 is 121 Å². The number of nitrogens with one attached hydrogen (secondary N) is 4. The van der Waals surface area contributed by atoms with E-state index in [1.54, 1.807) is 17.6 Å². The number of benzene rings is 2. The predicted molar refractivity (Wildman–Crippen MR) is 272 cm³/mol. The van der Waals surface area contributed by atoms with Gasteiger partial charge < -0.3 is 41.2 Å². The molecule has 2 aromatic carbocycles. The summed E-state index contributed by atoms with van der Waals surface area (Å²) in [4.78, 5) is 65.2. The molecular formula is C52H64F10N10O7. The quantitative estimate of drug-likeness (QED) is 0.0311. The molecule has 0 saturated carbocycles. The molecule has 1 aliphatic heterocycles. The van der Waals surface area contributed by atoms with Gasteiger partial charge in [0.15, 0.2) is 0 Å². The molecule has 7 N–H and O–H groups in total. The molecule has 0 bridgehead atoms. The van der Waals surface area contributed by atoms with Crippen molar-refractivity contribution >= 4 is 41.7 Å². The summed E-state index contributed by atoms with van der Waals surface area (Å²) in [7, 11) is 3.67. The van der Waals surface area contributed by atoms with E-state index in [1.807, 2.05) is 16.8 Å². The van der Waals surface area contributed by atoms with Crippen LogP contribution in [0.5, 0.6) is 0 Å². The molecule has 1 aliphatic rings. The SMILES string of the molecule is COC(=O)NC(C(=O)N[C@@H](Cc1ccc(C#Cc2ccc(N3CC(C)N(C)C(C)C3)nc2)cc1)[C@@H](O)CN(Cc1c(F)cc(C(N)=CC=NCC(F)F)cc1F)NC(=O)[C@@H](NC(=O)OC)C(C)(C)C(F)(F)F)C(C)(C)C(F)(F)F. The third kappa shape index (κ3) is 17.4. The highest BCUT2D eigenvalue weighted by Gasteiger charge is 2.57. The Bertz CT molecular complexity index is 2680. The van der Waals surface area contributed by atoms with Gasteiger partial charge in [-0.2, -0.15) is 26.3 Å². The number of anilines is 1. The number of alkyl carbamates (subject to hydrolysis) is 2. The summed E-state index contributed by atoms with van der Waals surface area (Å²) in [6, 6.07) is 4.84. The average Bonchev–Trinajstić information content (AvgIpc) is 3.44. The number of allylic oxidation sites excluding steroid dienone is 1. The smallest absolute Gasteiger partial charge is 0.407 e. The van der Waals surface area contributed by atoms with Crippen LogP contribution in [0.3, 0.4) is 0 Å². The van der Waals surface area contributed by atoms with Crippen LogP contribution in [0.1, 0.15) is 69.4 Å². The molecule has 4 rings (SSSR count). The lowest BCUT2D eigenvalue weighted by molar-refractivity contribution is -0.221. The number of pyridine rings is 1. The molecule has 1 saturated heterocycles. The number of hydrogen-bond acceptors (Lipinski definition) is 13. The van der Waals surface area contributed by atoms with Gasteiger partial charge in [0.05, 0.1) is 43.7 Å². The predicted octanol–water partition coefficient (Wildman–Crippen LogP) is 6.47. The van der Waals surface area contributed by atoms with E-state index in [-0.39, 0.29) is 16.8 Å². The second-order valence-electron chi connectivity index (χ2n) is 19.9. The number of alkyl halides is 8. The minimum Gasteiger partial charge on any atom is -0.453 e. The zero-order valence-electron chi connectivity index (χ0n) is 44.6. The van der Waals surface area contributed by atoms with Crippen molar-refractivity contribution in [3.8, 4) is 11.8 Å². The molecule has 4 amide bonds. The van der Waals surface area contributed by atoms with Gasteiger partial charge in [-0.15, -0.1) is 0 Å². The van der Waals surface area contributed by atoms with Crippen molar-refractivity contribution in [2.75, 3.05) is 52.3 Å². The summed E-state index contributed by atoms with van der Waals surface area (Å²) in [5.74, 6) is 0.721. The number of ether oxygens (including phenoxy) is 2. The lowest BCUT2D eigenvalue weighted by Gasteiger charge is -2.42. The minimum absolute atomic E-state index is 0.270. The van der Waals surface area contributed by atoms with E-state index in [9.17, 15) is 59.4 Å². The summed E-state index contributed by atoms with van der Waals surface area (Å²) in [5.41, 5.74) is 1.42. The molecule has 2 heterocycles. The molecule has 17 nitrogen and oxygen atoms in total. The molecule has 6 atom stereocenters. The van der Waals surface area contributed by atoms with Gasteiger partial charge >= 0.3 is 24.5 Å². The summed E-state index contributed by atoms with van der Waals surface area (Å²) in [6.45, 7) is 4.88. The van der Waals surface area contributed by atoms with Crippen LogP contribution in [-0.4, -0.2) is 153 Å². The number of amides is 4. The summed E-state index contributed by atoms with van der Waals surface area (Å²) in [6.07, 6.45) is -15.4. The van der Waals surface area contributed by atoms with E-state index in [0.717, 1.165) is 45.4 Å². The van der Waals surface area contributed by atoms with Gasteiger partial charge in [-0.3, -0.25) is 24.9 Å². The summed E-state index contributed by atoms with van der Waals surface area (Å²) < 4.78 is 153. The van der Waals surface area contributed by atoms with Crippen LogP contribution in [0, 0.1) is 34.3 Å². The van der Waals surface area contributed by atoms with Crippen LogP contribution in [0.25, 0.3) is 5.70 Å². The Labute approximate surface area is 450 Å². The topological polar surface area (TPSA) is 216 Å². The number of aliphatic hydroxyl groups is 1. The molecule has 3 unspecified atom stereocenters. The van der Waals surface area contributed by atoms with Gasteiger partial charge in [-0.1, -0.05) is 24.0 Å². The third-order valence-electron chi connectivity index (χ3n) is 13.4. The second-order valence-corrected chi connectivity index (χ2v) is 19.9. The van der Waals surface area contributed by atoms with E-state index in [0.29, 0.717) is 68.0 Å². The van der Waals surface area contributed by atoms with Crippen molar-refractivity contribution in [2.45, 2.75) is 110 Å². The Balaban J connectivity index is 1.78. The Morgan fingerprint density at radius 1 is 0.835 bits per heavy atom. The molecule has 0 radical (unpaired) electrons. The van der Waals surface area contributed by atoms with Crippen LogP contribution in [0.15, 0.2) is 65.8 Å². The monoisotopic (exact) mass is 1130 g/mol. The number of carbonyl (C=O) groups excluding carboxylic acids is 4. The maximum atomic E-state index is 16.0. The number of aromatic nitrogens is 1. The van der Waals surface area contributed by atoms with Crippen molar-refractivity contribution in [1.82, 2.24) is 36.3 Å². The molecule has 79 heavy (non-hydrogen) atoms. The van der Waals surface area contributed by atoms with Crippen LogP contribution < -0.4 is 32.0 Å². The van der Waals surface area contributed by atoms with Gasteiger partial charge in [-0.25, -0.2) is 37.1 Å². The maximum absolute atomic E-state index is 16.0. The third-order valence-corrected chi connectivity index (χ3v) is 13.4. The normalized spacial score (nSPS) is 17.3. The molecule has 0 spiro atoms. The Morgan fingerprint density at radius 3 is 1.82 bits per heavy atom. The van der Waals surface area contributed by atoms with E-state index >= 15 is 8.78 Å². The number of carbonyl (C=O) groups is 4. The summed E-state index contributed by atoms with van der Waals surface area (Å²) >= 11 is 0. The number of aliphatic hydroxyl groups excluding tert-OH is 1. The highest BCUT2D eigenvalue weighted by atomic mass is 19.4. The zero-order chi connectivity index (χ0) is 59.4.